The van der Waals surface area contributed by atoms with Crippen molar-refractivity contribution in [3.8, 4) is 5.75 Å². The van der Waals surface area contributed by atoms with Gasteiger partial charge in [0, 0.05) is 18.2 Å². The van der Waals surface area contributed by atoms with Gasteiger partial charge in [-0.3, -0.25) is 0 Å². The van der Waals surface area contributed by atoms with Gasteiger partial charge in [0.15, 0.2) is 0 Å². The number of nitrogens with one attached hydrogen (secondary N) is 2. The van der Waals surface area contributed by atoms with Crippen LogP contribution in [-0.4, -0.2) is 23.6 Å². The molecule has 0 spiro atoms. The third-order valence-corrected chi connectivity index (χ3v) is 3.38. The summed E-state index contributed by atoms with van der Waals surface area (Å²) in [6, 6.07) is 5.44. The van der Waals surface area contributed by atoms with Crippen molar-refractivity contribution in [3.63, 3.8) is 0 Å². The predicted molar refractivity (Wildman–Crippen MR) is 86.8 cm³/mol. The second kappa shape index (κ2) is 7.13. The maximum absolute atomic E-state index is 6.20. The molecule has 2 rings (SSSR count). The smallest absolute Gasteiger partial charge is 0.138 e. The van der Waals surface area contributed by atoms with Gasteiger partial charge in [-0.1, -0.05) is 18.5 Å². The fraction of sp³-hybridized carbons (Fsp3) is 0.333. The molecular weight excluding hydrogens is 288 g/mol. The zero-order valence-electron chi connectivity index (χ0n) is 12.4. The highest BCUT2D eigenvalue weighted by atomic mass is 35.5. The largest absolute Gasteiger partial charge is 0.497 e. The van der Waals surface area contributed by atoms with Crippen molar-refractivity contribution < 1.29 is 4.74 Å². The van der Waals surface area contributed by atoms with Gasteiger partial charge >= 0.3 is 0 Å². The SMILES string of the molecule is CCCNc1ncnc(Nc2cc(OC)ccc2Cl)c1C. The molecule has 0 aliphatic carbocycles. The Bertz CT molecular complexity index is 619. The van der Waals surface area contributed by atoms with Crippen LogP contribution in [0.25, 0.3) is 0 Å². The number of anilines is 3. The lowest BCUT2D eigenvalue weighted by atomic mass is 10.2. The van der Waals surface area contributed by atoms with Gasteiger partial charge in [0.05, 0.1) is 17.8 Å². The third-order valence-electron chi connectivity index (χ3n) is 3.05. The van der Waals surface area contributed by atoms with E-state index in [1.807, 2.05) is 19.1 Å². The number of nitrogens with zero attached hydrogens (tertiary/aromatic N) is 2. The van der Waals surface area contributed by atoms with Crippen molar-refractivity contribution in [2.24, 2.45) is 0 Å². The Morgan fingerprint density at radius 3 is 2.71 bits per heavy atom. The predicted octanol–water partition coefficient (Wildman–Crippen LogP) is 4.01. The second-order valence-corrected chi connectivity index (χ2v) is 5.00. The number of ether oxygens (including phenoxy) is 1. The second-order valence-electron chi connectivity index (χ2n) is 4.59. The summed E-state index contributed by atoms with van der Waals surface area (Å²) in [5.41, 5.74) is 1.70. The minimum absolute atomic E-state index is 0.608. The van der Waals surface area contributed by atoms with E-state index in [1.54, 1.807) is 13.2 Å². The fourth-order valence-electron chi connectivity index (χ4n) is 1.85. The van der Waals surface area contributed by atoms with Crippen molar-refractivity contribution in [3.05, 3.63) is 35.1 Å². The summed E-state index contributed by atoms with van der Waals surface area (Å²) in [7, 11) is 1.62. The van der Waals surface area contributed by atoms with Crippen molar-refractivity contribution in [2.75, 3.05) is 24.3 Å². The number of halogens is 1. The van der Waals surface area contributed by atoms with Crippen LogP contribution < -0.4 is 15.4 Å². The Hall–Kier alpha value is -2.01. The quantitative estimate of drug-likeness (QED) is 0.844. The molecule has 0 saturated heterocycles. The van der Waals surface area contributed by atoms with Crippen LogP contribution >= 0.6 is 11.6 Å². The van der Waals surface area contributed by atoms with Crippen molar-refractivity contribution in [2.45, 2.75) is 20.3 Å². The molecule has 0 radical (unpaired) electrons. The van der Waals surface area contributed by atoms with Crippen LogP contribution in [0, 0.1) is 6.92 Å². The van der Waals surface area contributed by atoms with E-state index in [-0.39, 0.29) is 0 Å². The van der Waals surface area contributed by atoms with E-state index < -0.39 is 0 Å². The maximum atomic E-state index is 6.20. The van der Waals surface area contributed by atoms with E-state index in [0.29, 0.717) is 5.02 Å². The van der Waals surface area contributed by atoms with E-state index >= 15 is 0 Å². The number of rotatable bonds is 6. The molecule has 1 aromatic carbocycles. The van der Waals surface area contributed by atoms with Crippen LogP contribution in [0.3, 0.4) is 0 Å². The first-order valence-electron chi connectivity index (χ1n) is 6.81. The molecule has 0 bridgehead atoms. The Labute approximate surface area is 129 Å². The topological polar surface area (TPSA) is 59.1 Å². The lowest BCUT2D eigenvalue weighted by Gasteiger charge is -2.14. The summed E-state index contributed by atoms with van der Waals surface area (Å²) in [6.07, 6.45) is 2.56. The van der Waals surface area contributed by atoms with Gasteiger partial charge in [-0.05, 0) is 25.5 Å². The minimum Gasteiger partial charge on any atom is -0.497 e. The van der Waals surface area contributed by atoms with Crippen LogP contribution in [0.1, 0.15) is 18.9 Å². The third kappa shape index (κ3) is 3.76. The molecule has 112 valence electrons. The molecule has 0 fully saturated rings. The Balaban J connectivity index is 2.27. The van der Waals surface area contributed by atoms with Gasteiger partial charge in [0.25, 0.3) is 0 Å². The molecule has 2 N–H and O–H groups in total. The maximum Gasteiger partial charge on any atom is 0.138 e. The molecule has 0 unspecified atom stereocenters. The Morgan fingerprint density at radius 1 is 1.24 bits per heavy atom. The monoisotopic (exact) mass is 306 g/mol. The molecule has 21 heavy (non-hydrogen) atoms. The Morgan fingerprint density at radius 2 is 2.00 bits per heavy atom. The number of hydrogen-bond donors (Lipinski definition) is 2. The first kappa shape index (κ1) is 15.4. The van der Waals surface area contributed by atoms with E-state index in [1.165, 1.54) is 6.33 Å². The van der Waals surface area contributed by atoms with E-state index in [0.717, 1.165) is 41.6 Å². The lowest BCUT2D eigenvalue weighted by molar-refractivity contribution is 0.415. The van der Waals surface area contributed by atoms with E-state index in [9.17, 15) is 0 Å². The van der Waals surface area contributed by atoms with Gasteiger partial charge in [0.2, 0.25) is 0 Å². The van der Waals surface area contributed by atoms with Gasteiger partial charge in [0.1, 0.15) is 23.7 Å². The van der Waals surface area contributed by atoms with E-state index in [4.69, 9.17) is 16.3 Å². The van der Waals surface area contributed by atoms with Gasteiger partial charge in [-0.15, -0.1) is 0 Å². The lowest BCUT2D eigenvalue weighted by Crippen LogP contribution is -2.07. The molecule has 6 heteroatoms. The zero-order valence-corrected chi connectivity index (χ0v) is 13.2. The van der Waals surface area contributed by atoms with Crippen LogP contribution in [0.5, 0.6) is 5.75 Å². The van der Waals surface area contributed by atoms with Crippen molar-refractivity contribution in [1.29, 1.82) is 0 Å². The summed E-state index contributed by atoms with van der Waals surface area (Å²) in [4.78, 5) is 8.53. The Kier molecular flexibility index (Phi) is 5.22. The van der Waals surface area contributed by atoms with Gasteiger partial charge in [-0.25, -0.2) is 9.97 Å². The molecule has 1 aromatic heterocycles. The summed E-state index contributed by atoms with van der Waals surface area (Å²) in [5, 5.41) is 7.11. The zero-order chi connectivity index (χ0) is 15.2. The molecule has 0 aliphatic rings. The first-order valence-corrected chi connectivity index (χ1v) is 7.19. The molecule has 0 aliphatic heterocycles. The highest BCUT2D eigenvalue weighted by molar-refractivity contribution is 6.33. The van der Waals surface area contributed by atoms with Gasteiger partial charge in [-0.2, -0.15) is 0 Å². The molecule has 2 aromatic rings. The number of benzene rings is 1. The van der Waals surface area contributed by atoms with Crippen LogP contribution in [0.4, 0.5) is 17.3 Å². The van der Waals surface area contributed by atoms with Crippen molar-refractivity contribution in [1.82, 2.24) is 9.97 Å². The summed E-state index contributed by atoms with van der Waals surface area (Å²) < 4.78 is 5.21. The molecular formula is C15H19ClN4O. The highest BCUT2D eigenvalue weighted by Gasteiger charge is 2.09. The summed E-state index contributed by atoms with van der Waals surface area (Å²) >= 11 is 6.20. The molecule has 0 amide bonds. The van der Waals surface area contributed by atoms with E-state index in [2.05, 4.69) is 27.5 Å². The summed E-state index contributed by atoms with van der Waals surface area (Å²) in [5.74, 6) is 2.28. The van der Waals surface area contributed by atoms with Crippen LogP contribution in [0.2, 0.25) is 5.02 Å². The average Bonchev–Trinajstić information content (AvgIpc) is 2.50. The van der Waals surface area contributed by atoms with Crippen LogP contribution in [0.15, 0.2) is 24.5 Å². The highest BCUT2D eigenvalue weighted by Crippen LogP contribution is 2.30. The standard InChI is InChI=1S/C15H19ClN4O/c1-4-7-17-14-10(2)15(19-9-18-14)20-13-8-11(21-3)5-6-12(13)16/h5-6,8-9H,4,7H2,1-3H3,(H2,17,18,19,20). The number of aromatic nitrogens is 2. The normalized spacial score (nSPS) is 10.3. The summed E-state index contributed by atoms with van der Waals surface area (Å²) in [6.45, 7) is 4.95. The first-order chi connectivity index (χ1) is 10.2. The number of methoxy groups -OCH3 is 1. The van der Waals surface area contributed by atoms with Gasteiger partial charge < -0.3 is 15.4 Å². The molecule has 5 nitrogen and oxygen atoms in total. The van der Waals surface area contributed by atoms with Crippen molar-refractivity contribution >= 4 is 28.9 Å². The molecule has 1 heterocycles. The minimum atomic E-state index is 0.608. The van der Waals surface area contributed by atoms with Crippen LogP contribution in [-0.2, 0) is 0 Å². The number of hydrogen-bond acceptors (Lipinski definition) is 5. The fourth-order valence-corrected chi connectivity index (χ4v) is 2.02. The molecule has 0 saturated carbocycles. The molecule has 0 atom stereocenters. The average molecular weight is 307 g/mol.